The molecule has 0 saturated heterocycles. The van der Waals surface area contributed by atoms with Crippen LogP contribution in [-0.4, -0.2) is 30.5 Å². The van der Waals surface area contributed by atoms with Crippen molar-refractivity contribution in [2.24, 2.45) is 0 Å². The summed E-state index contributed by atoms with van der Waals surface area (Å²) in [5.41, 5.74) is 0.869. The summed E-state index contributed by atoms with van der Waals surface area (Å²) in [4.78, 5) is 24.9. The molecule has 1 aliphatic rings. The summed E-state index contributed by atoms with van der Waals surface area (Å²) in [5, 5.41) is 14.3. The van der Waals surface area contributed by atoms with Crippen molar-refractivity contribution >= 4 is 17.3 Å². The molecule has 0 saturated carbocycles. The molecular formula is C18H29N3O3. The van der Waals surface area contributed by atoms with Crippen LogP contribution in [-0.2, 0) is 10.2 Å². The Labute approximate surface area is 144 Å². The molecule has 1 aliphatic heterocycles. The Morgan fingerprint density at radius 3 is 2.50 bits per heavy atom. The average Bonchev–Trinajstić information content (AvgIpc) is 2.76. The van der Waals surface area contributed by atoms with Gasteiger partial charge >= 0.3 is 0 Å². The number of non-ortho nitro benzene ring substituents is 1. The zero-order chi connectivity index (χ0) is 18.3. The number of hydrogen-bond acceptors (Lipinski definition) is 4. The summed E-state index contributed by atoms with van der Waals surface area (Å²) >= 11 is 0. The third-order valence-corrected chi connectivity index (χ3v) is 4.10. The number of anilines is 1. The average molecular weight is 335 g/mol. The molecule has 6 nitrogen and oxygen atoms in total. The largest absolute Gasteiger partial charge is 0.317 e. The van der Waals surface area contributed by atoms with Crippen LogP contribution in [0.15, 0.2) is 18.2 Å². The van der Waals surface area contributed by atoms with Crippen LogP contribution in [0.1, 0.15) is 53.0 Å². The molecule has 1 N–H and O–H groups in total. The Balaban J connectivity index is 0.00000139. The molecule has 134 valence electrons. The maximum Gasteiger partial charge on any atom is 0.269 e. The highest BCUT2D eigenvalue weighted by molar-refractivity contribution is 6.07. The van der Waals surface area contributed by atoms with Crippen molar-refractivity contribution in [2.45, 2.75) is 52.9 Å². The SMILES string of the molecule is CC.CCCNCCCN1C(=O)C(C)(C)c2cc([N+](=O)[O-])ccc21. The van der Waals surface area contributed by atoms with E-state index in [1.165, 1.54) is 12.1 Å². The lowest BCUT2D eigenvalue weighted by atomic mass is 9.86. The number of nitrogens with zero attached hydrogens (tertiary/aromatic N) is 2. The van der Waals surface area contributed by atoms with Gasteiger partial charge in [-0.1, -0.05) is 20.8 Å². The fraction of sp³-hybridized carbons (Fsp3) is 0.611. The summed E-state index contributed by atoms with van der Waals surface area (Å²) in [5.74, 6) is 0.0125. The minimum absolute atomic E-state index is 0.0125. The van der Waals surface area contributed by atoms with Crippen molar-refractivity contribution in [1.82, 2.24) is 5.32 Å². The minimum atomic E-state index is -0.710. The molecule has 0 bridgehead atoms. The highest BCUT2D eigenvalue weighted by Crippen LogP contribution is 2.43. The summed E-state index contributed by atoms with van der Waals surface area (Å²) in [6, 6.07) is 4.69. The second-order valence-electron chi connectivity index (χ2n) is 6.14. The van der Waals surface area contributed by atoms with Crippen LogP contribution in [0.3, 0.4) is 0 Å². The third-order valence-electron chi connectivity index (χ3n) is 4.10. The van der Waals surface area contributed by atoms with E-state index >= 15 is 0 Å². The van der Waals surface area contributed by atoms with Crippen molar-refractivity contribution in [1.29, 1.82) is 0 Å². The van der Waals surface area contributed by atoms with E-state index in [4.69, 9.17) is 0 Å². The Morgan fingerprint density at radius 2 is 1.92 bits per heavy atom. The first kappa shape index (κ1) is 20.1. The Kier molecular flexibility index (Phi) is 7.35. The summed E-state index contributed by atoms with van der Waals surface area (Å²) < 4.78 is 0. The van der Waals surface area contributed by atoms with Crippen LogP contribution < -0.4 is 10.2 Å². The van der Waals surface area contributed by atoms with E-state index in [1.807, 2.05) is 27.7 Å². The number of benzene rings is 1. The number of rotatable bonds is 7. The molecule has 6 heteroatoms. The molecule has 1 heterocycles. The van der Waals surface area contributed by atoms with Gasteiger partial charge in [0.05, 0.1) is 10.3 Å². The van der Waals surface area contributed by atoms with Gasteiger partial charge < -0.3 is 10.2 Å². The zero-order valence-electron chi connectivity index (χ0n) is 15.4. The molecule has 0 unspecified atom stereocenters. The standard InChI is InChI=1S/C16H23N3O3.C2H6/c1-4-8-17-9-5-10-18-14-7-6-12(19(21)22)11-13(14)16(2,3)15(18)20;1-2/h6-7,11,17H,4-5,8-10H2,1-3H3;1-2H3. The van der Waals surface area contributed by atoms with Gasteiger partial charge in [0, 0.05) is 24.4 Å². The quantitative estimate of drug-likeness (QED) is 0.469. The lowest BCUT2D eigenvalue weighted by Crippen LogP contribution is -2.37. The molecule has 24 heavy (non-hydrogen) atoms. The predicted octanol–water partition coefficient (Wildman–Crippen LogP) is 3.63. The first-order valence-electron chi connectivity index (χ1n) is 8.71. The van der Waals surface area contributed by atoms with Gasteiger partial charge in [-0.15, -0.1) is 0 Å². The zero-order valence-corrected chi connectivity index (χ0v) is 15.4. The normalized spacial score (nSPS) is 14.9. The number of hydrogen-bond donors (Lipinski definition) is 1. The monoisotopic (exact) mass is 335 g/mol. The number of carbonyl (C=O) groups excluding carboxylic acids is 1. The van der Waals surface area contributed by atoms with E-state index in [0.717, 1.165) is 37.2 Å². The molecular weight excluding hydrogens is 306 g/mol. The summed E-state index contributed by atoms with van der Waals surface area (Å²) in [6.45, 7) is 12.2. The van der Waals surface area contributed by atoms with Gasteiger partial charge in [-0.3, -0.25) is 14.9 Å². The van der Waals surface area contributed by atoms with Gasteiger partial charge in [0.15, 0.2) is 0 Å². The molecule has 0 fully saturated rings. The van der Waals surface area contributed by atoms with Crippen LogP contribution in [0.5, 0.6) is 0 Å². The number of fused-ring (bicyclic) bond motifs is 1. The third kappa shape index (κ3) is 4.12. The highest BCUT2D eigenvalue weighted by Gasteiger charge is 2.44. The number of nitro benzene ring substituents is 1. The van der Waals surface area contributed by atoms with Crippen LogP contribution in [0.25, 0.3) is 0 Å². The molecule has 2 rings (SSSR count). The maximum absolute atomic E-state index is 12.6. The molecule has 0 radical (unpaired) electrons. The van der Waals surface area contributed by atoms with E-state index in [-0.39, 0.29) is 11.6 Å². The second kappa shape index (κ2) is 8.78. The lowest BCUT2D eigenvalue weighted by Gasteiger charge is -2.20. The van der Waals surface area contributed by atoms with Crippen molar-refractivity contribution < 1.29 is 9.72 Å². The van der Waals surface area contributed by atoms with Crippen molar-refractivity contribution in [3.8, 4) is 0 Å². The Hall–Kier alpha value is -1.95. The van der Waals surface area contributed by atoms with E-state index in [0.29, 0.717) is 6.54 Å². The number of carbonyl (C=O) groups is 1. The molecule has 1 aromatic carbocycles. The summed E-state index contributed by atoms with van der Waals surface area (Å²) in [6.07, 6.45) is 1.94. The first-order chi connectivity index (χ1) is 11.4. The van der Waals surface area contributed by atoms with E-state index < -0.39 is 10.3 Å². The van der Waals surface area contributed by atoms with Gasteiger partial charge in [-0.05, 0) is 51.4 Å². The predicted molar refractivity (Wildman–Crippen MR) is 97.6 cm³/mol. The van der Waals surface area contributed by atoms with Crippen LogP contribution in [0.2, 0.25) is 0 Å². The molecule has 1 aromatic rings. The smallest absolute Gasteiger partial charge is 0.269 e. The Bertz CT molecular complexity index is 585. The maximum atomic E-state index is 12.6. The van der Waals surface area contributed by atoms with Gasteiger partial charge in [-0.2, -0.15) is 0 Å². The van der Waals surface area contributed by atoms with Gasteiger partial charge in [0.2, 0.25) is 5.91 Å². The molecule has 1 amide bonds. The van der Waals surface area contributed by atoms with Gasteiger partial charge in [0.25, 0.3) is 5.69 Å². The summed E-state index contributed by atoms with van der Waals surface area (Å²) in [7, 11) is 0. The van der Waals surface area contributed by atoms with Crippen molar-refractivity contribution in [3.63, 3.8) is 0 Å². The molecule has 0 aliphatic carbocycles. The molecule has 0 aromatic heterocycles. The van der Waals surface area contributed by atoms with Crippen LogP contribution in [0, 0.1) is 10.1 Å². The first-order valence-corrected chi connectivity index (χ1v) is 8.71. The number of nitrogens with one attached hydrogen (secondary N) is 1. The van der Waals surface area contributed by atoms with E-state index in [9.17, 15) is 14.9 Å². The molecule has 0 atom stereocenters. The van der Waals surface area contributed by atoms with Crippen molar-refractivity contribution in [3.05, 3.63) is 33.9 Å². The van der Waals surface area contributed by atoms with Gasteiger partial charge in [-0.25, -0.2) is 0 Å². The minimum Gasteiger partial charge on any atom is -0.317 e. The van der Waals surface area contributed by atoms with Gasteiger partial charge in [0.1, 0.15) is 0 Å². The van der Waals surface area contributed by atoms with Crippen LogP contribution in [0.4, 0.5) is 11.4 Å². The second-order valence-corrected chi connectivity index (χ2v) is 6.14. The fourth-order valence-corrected chi connectivity index (χ4v) is 2.82. The van der Waals surface area contributed by atoms with E-state index in [2.05, 4.69) is 12.2 Å². The lowest BCUT2D eigenvalue weighted by molar-refractivity contribution is -0.384. The highest BCUT2D eigenvalue weighted by atomic mass is 16.6. The number of nitro groups is 1. The van der Waals surface area contributed by atoms with Crippen molar-refractivity contribution in [2.75, 3.05) is 24.5 Å². The number of amides is 1. The Morgan fingerprint density at radius 1 is 1.25 bits per heavy atom. The topological polar surface area (TPSA) is 75.5 Å². The van der Waals surface area contributed by atoms with E-state index in [1.54, 1.807) is 11.0 Å². The fourth-order valence-electron chi connectivity index (χ4n) is 2.82. The van der Waals surface area contributed by atoms with Crippen LogP contribution >= 0.6 is 0 Å². The molecule has 0 spiro atoms.